The standard InChI is InChI=1S/C26H33N5O6S/c1-35-14-5-7-18-16(9-14)26(25(32)29-18)12-17(26)13-4-6-15-19(8-13)30-31-24(15)28-20-10-22(37-3)23(38(27,33)34)11-21(20)36-2/h5,7,9-11,13,15,17,19,24,28,30-31H,4,6,8,12H2,1-3H3,(H,29,32)(H2,27,33,34)/t13?,15?,17-,19?,24?,26-/m0/s1. The number of amides is 1. The molecular weight excluding hydrogens is 510 g/mol. The molecule has 1 spiro atoms. The van der Waals surface area contributed by atoms with Crippen LogP contribution in [0.4, 0.5) is 11.4 Å². The number of anilines is 2. The van der Waals surface area contributed by atoms with Crippen LogP contribution in [0.2, 0.25) is 0 Å². The predicted octanol–water partition coefficient (Wildman–Crippen LogP) is 1.90. The number of sulfonamides is 1. The molecule has 6 N–H and O–H groups in total. The molecule has 2 aromatic carbocycles. The van der Waals surface area contributed by atoms with Crippen molar-refractivity contribution in [2.75, 3.05) is 32.0 Å². The molecule has 4 unspecified atom stereocenters. The minimum absolute atomic E-state index is 0.104. The van der Waals surface area contributed by atoms with E-state index in [0.29, 0.717) is 29.2 Å². The summed E-state index contributed by atoms with van der Waals surface area (Å²) in [6.45, 7) is 0. The van der Waals surface area contributed by atoms with Crippen molar-refractivity contribution in [3.05, 3.63) is 35.9 Å². The van der Waals surface area contributed by atoms with Gasteiger partial charge < -0.3 is 24.8 Å². The summed E-state index contributed by atoms with van der Waals surface area (Å²) in [5, 5.41) is 11.9. The van der Waals surface area contributed by atoms with Gasteiger partial charge in [0.05, 0.1) is 38.6 Å². The van der Waals surface area contributed by atoms with Gasteiger partial charge in [0.1, 0.15) is 22.1 Å². The molecule has 2 aliphatic carbocycles. The lowest BCUT2D eigenvalue weighted by atomic mass is 9.74. The zero-order valence-electron chi connectivity index (χ0n) is 21.5. The lowest BCUT2D eigenvalue weighted by Crippen LogP contribution is -2.39. The number of methoxy groups -OCH3 is 3. The van der Waals surface area contributed by atoms with Crippen LogP contribution in [0.25, 0.3) is 0 Å². The molecule has 38 heavy (non-hydrogen) atoms. The van der Waals surface area contributed by atoms with Crippen LogP contribution in [0.3, 0.4) is 0 Å². The first-order valence-corrected chi connectivity index (χ1v) is 14.3. The highest BCUT2D eigenvalue weighted by atomic mass is 32.2. The Bertz CT molecular complexity index is 1400. The molecule has 0 radical (unpaired) electrons. The fourth-order valence-corrected chi connectivity index (χ4v) is 7.58. The van der Waals surface area contributed by atoms with Crippen molar-refractivity contribution in [2.24, 2.45) is 22.9 Å². The van der Waals surface area contributed by atoms with Crippen LogP contribution in [0.15, 0.2) is 35.2 Å². The van der Waals surface area contributed by atoms with Crippen LogP contribution in [0.1, 0.15) is 31.2 Å². The molecule has 0 bridgehead atoms. The van der Waals surface area contributed by atoms with Crippen LogP contribution in [0, 0.1) is 17.8 Å². The first kappa shape index (κ1) is 25.2. The highest BCUT2D eigenvalue weighted by Gasteiger charge is 2.67. The van der Waals surface area contributed by atoms with Gasteiger partial charge in [-0.1, -0.05) is 0 Å². The summed E-state index contributed by atoms with van der Waals surface area (Å²) in [5.74, 6) is 2.40. The molecule has 6 rings (SSSR count). The predicted molar refractivity (Wildman–Crippen MR) is 141 cm³/mol. The molecular formula is C26H33N5O6S. The number of benzene rings is 2. The van der Waals surface area contributed by atoms with E-state index in [1.165, 1.54) is 20.3 Å². The van der Waals surface area contributed by atoms with Crippen molar-refractivity contribution in [1.82, 2.24) is 10.9 Å². The monoisotopic (exact) mass is 543 g/mol. The number of hydrogen-bond acceptors (Lipinski definition) is 9. The third-order valence-corrected chi connectivity index (χ3v) is 9.78. The van der Waals surface area contributed by atoms with Gasteiger partial charge >= 0.3 is 0 Å². The van der Waals surface area contributed by atoms with Crippen LogP contribution >= 0.6 is 0 Å². The van der Waals surface area contributed by atoms with Crippen molar-refractivity contribution < 1.29 is 27.4 Å². The van der Waals surface area contributed by atoms with Gasteiger partial charge in [0.25, 0.3) is 0 Å². The fourth-order valence-electron chi connectivity index (χ4n) is 6.89. The van der Waals surface area contributed by atoms with E-state index in [1.807, 2.05) is 18.2 Å². The van der Waals surface area contributed by atoms with E-state index in [-0.39, 0.29) is 28.8 Å². The van der Waals surface area contributed by atoms with E-state index in [0.717, 1.165) is 42.7 Å². The lowest BCUT2D eigenvalue weighted by molar-refractivity contribution is -0.118. The maximum Gasteiger partial charge on any atom is 0.241 e. The topological polar surface area (TPSA) is 153 Å². The Balaban J connectivity index is 1.17. The van der Waals surface area contributed by atoms with Gasteiger partial charge in [-0.2, -0.15) is 0 Å². The quantitative estimate of drug-likeness (QED) is 0.352. The van der Waals surface area contributed by atoms with E-state index >= 15 is 0 Å². The molecule has 6 atom stereocenters. The summed E-state index contributed by atoms with van der Waals surface area (Å²) in [6.07, 6.45) is 3.71. The van der Waals surface area contributed by atoms with Crippen molar-refractivity contribution >= 4 is 27.3 Å². The van der Waals surface area contributed by atoms with E-state index < -0.39 is 15.4 Å². The number of fused-ring (bicyclic) bond motifs is 3. The molecule has 1 saturated heterocycles. The zero-order chi connectivity index (χ0) is 26.8. The number of primary sulfonamides is 1. The SMILES string of the molecule is COc1ccc2c(c1)[C@]1(C[C@H]1C1CCC3C(C1)NNC3Nc1cc(OC)c(S(N)(=O)=O)cc1OC)C(=O)N2. The van der Waals surface area contributed by atoms with E-state index in [9.17, 15) is 13.2 Å². The molecule has 3 fully saturated rings. The average molecular weight is 544 g/mol. The van der Waals surface area contributed by atoms with E-state index in [4.69, 9.17) is 19.3 Å². The number of hydrogen-bond donors (Lipinski definition) is 5. The van der Waals surface area contributed by atoms with Crippen molar-refractivity contribution in [1.29, 1.82) is 0 Å². The van der Waals surface area contributed by atoms with Crippen LogP contribution in [-0.2, 0) is 20.2 Å². The number of nitrogens with two attached hydrogens (primary N) is 1. The number of nitrogens with one attached hydrogen (secondary N) is 4. The molecule has 11 nitrogen and oxygen atoms in total. The van der Waals surface area contributed by atoms with Gasteiger partial charge in [0.2, 0.25) is 15.9 Å². The molecule has 2 saturated carbocycles. The first-order valence-electron chi connectivity index (χ1n) is 12.8. The minimum Gasteiger partial charge on any atom is -0.497 e. The largest absolute Gasteiger partial charge is 0.497 e. The number of hydrazine groups is 1. The van der Waals surface area contributed by atoms with Gasteiger partial charge in [-0.15, -0.1) is 0 Å². The molecule has 2 aliphatic heterocycles. The van der Waals surface area contributed by atoms with E-state index in [2.05, 4.69) is 21.5 Å². The molecule has 204 valence electrons. The van der Waals surface area contributed by atoms with Crippen LogP contribution < -0.4 is 40.8 Å². The molecule has 12 heteroatoms. The Morgan fingerprint density at radius 2 is 1.82 bits per heavy atom. The number of ether oxygens (including phenoxy) is 3. The Hall–Kier alpha value is -3.06. The lowest BCUT2D eigenvalue weighted by Gasteiger charge is -2.34. The van der Waals surface area contributed by atoms with Gasteiger partial charge in [0.15, 0.2) is 0 Å². The van der Waals surface area contributed by atoms with E-state index in [1.54, 1.807) is 13.2 Å². The van der Waals surface area contributed by atoms with Gasteiger partial charge in [-0.3, -0.25) is 10.2 Å². The summed E-state index contributed by atoms with van der Waals surface area (Å²) in [5.41, 5.74) is 8.94. The Labute approximate surface area is 221 Å². The zero-order valence-corrected chi connectivity index (χ0v) is 22.4. The molecule has 0 aromatic heterocycles. The minimum atomic E-state index is -3.98. The third kappa shape index (κ3) is 3.89. The Kier molecular flexibility index (Phi) is 5.98. The van der Waals surface area contributed by atoms with Crippen molar-refractivity contribution in [2.45, 2.75) is 48.2 Å². The van der Waals surface area contributed by atoms with Gasteiger partial charge in [-0.05, 0) is 61.3 Å². The summed E-state index contributed by atoms with van der Waals surface area (Å²) in [7, 11) is 0.543. The molecule has 1 amide bonds. The summed E-state index contributed by atoms with van der Waals surface area (Å²) in [4.78, 5) is 13.0. The van der Waals surface area contributed by atoms with Crippen molar-refractivity contribution in [3.63, 3.8) is 0 Å². The number of carbonyl (C=O) groups is 1. The average Bonchev–Trinajstić information content (AvgIpc) is 3.46. The van der Waals surface area contributed by atoms with Crippen LogP contribution in [-0.4, -0.2) is 47.9 Å². The summed E-state index contributed by atoms with van der Waals surface area (Å²) < 4.78 is 40.2. The second-order valence-corrected chi connectivity index (χ2v) is 12.2. The second kappa shape index (κ2) is 9.01. The maximum absolute atomic E-state index is 13.1. The van der Waals surface area contributed by atoms with Crippen LogP contribution in [0.5, 0.6) is 17.2 Å². The normalized spacial score (nSPS) is 31.4. The Morgan fingerprint density at radius 3 is 2.53 bits per heavy atom. The van der Waals surface area contributed by atoms with Gasteiger partial charge in [-0.25, -0.2) is 19.0 Å². The highest BCUT2D eigenvalue weighted by Crippen LogP contribution is 2.65. The molecule has 2 aromatic rings. The first-order chi connectivity index (χ1) is 18.2. The number of carbonyl (C=O) groups excluding carboxylic acids is 1. The third-order valence-electron chi connectivity index (χ3n) is 8.84. The van der Waals surface area contributed by atoms with Crippen molar-refractivity contribution in [3.8, 4) is 17.2 Å². The maximum atomic E-state index is 13.1. The summed E-state index contributed by atoms with van der Waals surface area (Å²) >= 11 is 0. The second-order valence-electron chi connectivity index (χ2n) is 10.7. The molecule has 2 heterocycles. The smallest absolute Gasteiger partial charge is 0.241 e. The highest BCUT2D eigenvalue weighted by molar-refractivity contribution is 7.89. The fraction of sp³-hybridized carbons (Fsp3) is 0.500. The summed E-state index contributed by atoms with van der Waals surface area (Å²) in [6, 6.07) is 9.03. The number of rotatable bonds is 7. The Morgan fingerprint density at radius 1 is 1.03 bits per heavy atom. The molecule has 4 aliphatic rings. The van der Waals surface area contributed by atoms with Gasteiger partial charge in [0, 0.05) is 29.8 Å².